The third kappa shape index (κ3) is 3.15. The Kier molecular flexibility index (Phi) is 3.60. The van der Waals surface area contributed by atoms with E-state index in [4.69, 9.17) is 5.11 Å². The van der Waals surface area contributed by atoms with Crippen LogP contribution in [0.15, 0.2) is 11.0 Å². The van der Waals surface area contributed by atoms with Crippen LogP contribution < -0.4 is 10.2 Å². The maximum absolute atomic E-state index is 12.3. The van der Waals surface area contributed by atoms with Crippen molar-refractivity contribution in [3.63, 3.8) is 0 Å². The average Bonchev–Trinajstić information content (AvgIpc) is 2.17. The van der Waals surface area contributed by atoms with Crippen molar-refractivity contribution in [1.82, 2.24) is 4.98 Å². The lowest BCUT2D eigenvalue weighted by Crippen LogP contribution is -2.28. The number of H-pyrrole nitrogens is 1. The standard InChI is InChI=1S/C8H5F6NO3/c9-7(10,11)3-1-15-4(2-16)6(5(3)17)18-8(12,13)14/h1,16H,2H2,(H,15,17). The Morgan fingerprint density at radius 1 is 1.22 bits per heavy atom. The highest BCUT2D eigenvalue weighted by Crippen LogP contribution is 2.29. The van der Waals surface area contributed by atoms with Gasteiger partial charge in [0.25, 0.3) is 0 Å². The lowest BCUT2D eigenvalue weighted by atomic mass is 10.2. The first kappa shape index (κ1) is 14.4. The van der Waals surface area contributed by atoms with Crippen molar-refractivity contribution in [3.8, 4) is 5.75 Å². The molecule has 18 heavy (non-hydrogen) atoms. The molecule has 0 radical (unpaired) electrons. The molecule has 0 unspecified atom stereocenters. The van der Waals surface area contributed by atoms with Gasteiger partial charge in [0.05, 0.1) is 12.3 Å². The van der Waals surface area contributed by atoms with Gasteiger partial charge in [0.15, 0.2) is 5.75 Å². The normalized spacial score (nSPS) is 12.6. The minimum atomic E-state index is -5.35. The largest absolute Gasteiger partial charge is 0.573 e. The minimum Gasteiger partial charge on any atom is -0.400 e. The smallest absolute Gasteiger partial charge is 0.400 e. The van der Waals surface area contributed by atoms with E-state index in [0.717, 1.165) is 0 Å². The Hall–Kier alpha value is -1.71. The number of rotatable bonds is 2. The molecule has 0 saturated heterocycles. The fourth-order valence-corrected chi connectivity index (χ4v) is 1.10. The van der Waals surface area contributed by atoms with Crippen molar-refractivity contribution in [1.29, 1.82) is 0 Å². The predicted molar refractivity (Wildman–Crippen MR) is 44.7 cm³/mol. The number of ether oxygens (including phenoxy) is 1. The van der Waals surface area contributed by atoms with Crippen molar-refractivity contribution < 1.29 is 36.2 Å². The van der Waals surface area contributed by atoms with Crippen LogP contribution in [0.25, 0.3) is 0 Å². The van der Waals surface area contributed by atoms with Crippen LogP contribution >= 0.6 is 0 Å². The van der Waals surface area contributed by atoms with Crippen LogP contribution in [-0.4, -0.2) is 16.5 Å². The second-order valence-electron chi connectivity index (χ2n) is 3.04. The number of aromatic amines is 1. The van der Waals surface area contributed by atoms with Gasteiger partial charge in [-0.25, -0.2) is 0 Å². The summed E-state index contributed by atoms with van der Waals surface area (Å²) in [6.07, 6.45) is -10.3. The summed E-state index contributed by atoms with van der Waals surface area (Å²) >= 11 is 0. The third-order valence-corrected chi connectivity index (χ3v) is 1.80. The molecule has 0 bridgehead atoms. The molecule has 0 atom stereocenters. The van der Waals surface area contributed by atoms with Gasteiger partial charge in [-0.3, -0.25) is 4.79 Å². The molecule has 0 aliphatic heterocycles. The first-order valence-electron chi connectivity index (χ1n) is 4.24. The quantitative estimate of drug-likeness (QED) is 0.810. The molecule has 4 nitrogen and oxygen atoms in total. The molecule has 2 N–H and O–H groups in total. The number of halogens is 6. The highest BCUT2D eigenvalue weighted by molar-refractivity contribution is 5.33. The predicted octanol–water partition coefficient (Wildman–Crippen LogP) is 1.78. The average molecular weight is 277 g/mol. The number of pyridine rings is 1. The van der Waals surface area contributed by atoms with E-state index < -0.39 is 41.6 Å². The molecule has 102 valence electrons. The monoisotopic (exact) mass is 277 g/mol. The molecule has 0 aromatic carbocycles. The Morgan fingerprint density at radius 2 is 1.78 bits per heavy atom. The zero-order chi connectivity index (χ0) is 14.1. The van der Waals surface area contributed by atoms with Crippen LogP contribution in [0.2, 0.25) is 0 Å². The summed E-state index contributed by atoms with van der Waals surface area (Å²) in [5.74, 6) is -1.63. The van der Waals surface area contributed by atoms with Crippen molar-refractivity contribution >= 4 is 0 Å². The Bertz CT molecular complexity index is 489. The van der Waals surface area contributed by atoms with E-state index in [-0.39, 0.29) is 6.20 Å². The van der Waals surface area contributed by atoms with Crippen LogP contribution in [0, 0.1) is 0 Å². The van der Waals surface area contributed by atoms with E-state index in [0.29, 0.717) is 0 Å². The molecule has 0 spiro atoms. The molecule has 1 aromatic rings. The topological polar surface area (TPSA) is 62.3 Å². The molecule has 1 rings (SSSR count). The molecule has 1 aromatic heterocycles. The number of aliphatic hydroxyl groups excluding tert-OH is 1. The molecule has 1 heterocycles. The van der Waals surface area contributed by atoms with Gasteiger partial charge in [-0.15, -0.1) is 13.2 Å². The highest BCUT2D eigenvalue weighted by atomic mass is 19.4. The lowest BCUT2D eigenvalue weighted by Gasteiger charge is -2.13. The Labute approximate surface area is 94.8 Å². The van der Waals surface area contributed by atoms with Gasteiger partial charge in [0.2, 0.25) is 5.43 Å². The fourth-order valence-electron chi connectivity index (χ4n) is 1.10. The van der Waals surface area contributed by atoms with Crippen LogP contribution in [0.3, 0.4) is 0 Å². The third-order valence-electron chi connectivity index (χ3n) is 1.80. The number of hydrogen-bond donors (Lipinski definition) is 2. The first-order valence-corrected chi connectivity index (χ1v) is 4.24. The number of aromatic nitrogens is 1. The molecule has 0 saturated carbocycles. The van der Waals surface area contributed by atoms with E-state index in [9.17, 15) is 31.1 Å². The molecule has 0 fully saturated rings. The molecular weight excluding hydrogens is 272 g/mol. The molecular formula is C8H5F6NO3. The van der Waals surface area contributed by atoms with Gasteiger partial charge < -0.3 is 14.8 Å². The first-order chi connectivity index (χ1) is 8.06. The molecule has 0 aliphatic carbocycles. The van der Waals surface area contributed by atoms with Crippen LogP contribution in [-0.2, 0) is 12.8 Å². The van der Waals surface area contributed by atoms with Gasteiger partial charge in [-0.1, -0.05) is 0 Å². The lowest BCUT2D eigenvalue weighted by molar-refractivity contribution is -0.275. The van der Waals surface area contributed by atoms with Crippen LogP contribution in [0.5, 0.6) is 5.75 Å². The van der Waals surface area contributed by atoms with Gasteiger partial charge in [-0.2, -0.15) is 13.2 Å². The SMILES string of the molecule is O=c1c(C(F)(F)F)c[nH]c(CO)c1OC(F)(F)F. The van der Waals surface area contributed by atoms with Crippen molar-refractivity contribution in [2.24, 2.45) is 0 Å². The van der Waals surface area contributed by atoms with Crippen molar-refractivity contribution in [2.45, 2.75) is 19.1 Å². The molecule has 0 amide bonds. The maximum atomic E-state index is 12.3. The van der Waals surface area contributed by atoms with Gasteiger partial charge in [-0.05, 0) is 0 Å². The molecule has 10 heteroatoms. The summed E-state index contributed by atoms with van der Waals surface area (Å²) in [7, 11) is 0. The van der Waals surface area contributed by atoms with Gasteiger partial charge >= 0.3 is 12.5 Å². The van der Waals surface area contributed by atoms with E-state index in [1.165, 1.54) is 0 Å². The van der Waals surface area contributed by atoms with Gasteiger partial charge in [0, 0.05) is 6.20 Å². The summed E-state index contributed by atoms with van der Waals surface area (Å²) in [6, 6.07) is 0. The summed E-state index contributed by atoms with van der Waals surface area (Å²) in [6.45, 7) is -1.11. The fraction of sp³-hybridized carbons (Fsp3) is 0.375. The Balaban J connectivity index is 3.42. The number of aliphatic hydroxyl groups is 1. The summed E-state index contributed by atoms with van der Waals surface area (Å²) in [4.78, 5) is 12.9. The van der Waals surface area contributed by atoms with E-state index in [2.05, 4.69) is 4.74 Å². The second kappa shape index (κ2) is 4.52. The van der Waals surface area contributed by atoms with Crippen molar-refractivity contribution in [3.05, 3.63) is 27.7 Å². The van der Waals surface area contributed by atoms with Crippen LogP contribution in [0.1, 0.15) is 11.3 Å². The van der Waals surface area contributed by atoms with Crippen LogP contribution in [0.4, 0.5) is 26.3 Å². The maximum Gasteiger partial charge on any atom is 0.573 e. The number of hydrogen-bond acceptors (Lipinski definition) is 3. The van der Waals surface area contributed by atoms with Crippen molar-refractivity contribution in [2.75, 3.05) is 0 Å². The zero-order valence-corrected chi connectivity index (χ0v) is 8.32. The summed E-state index contributed by atoms with van der Waals surface area (Å²) in [5, 5.41) is 8.63. The highest BCUT2D eigenvalue weighted by Gasteiger charge is 2.39. The van der Waals surface area contributed by atoms with Gasteiger partial charge in [0.1, 0.15) is 5.56 Å². The second-order valence-corrected chi connectivity index (χ2v) is 3.04. The Morgan fingerprint density at radius 3 is 2.17 bits per heavy atom. The van der Waals surface area contributed by atoms with E-state index >= 15 is 0 Å². The zero-order valence-electron chi connectivity index (χ0n) is 8.32. The summed E-state index contributed by atoms with van der Waals surface area (Å²) in [5.41, 5.74) is -4.65. The van der Waals surface area contributed by atoms with E-state index in [1.807, 2.05) is 0 Å². The van der Waals surface area contributed by atoms with E-state index in [1.54, 1.807) is 4.98 Å². The number of nitrogens with one attached hydrogen (secondary N) is 1. The minimum absolute atomic E-state index is 0.164. The summed E-state index contributed by atoms with van der Waals surface area (Å²) < 4.78 is 75.8. The molecule has 0 aliphatic rings. The number of alkyl halides is 6.